The van der Waals surface area contributed by atoms with Gasteiger partial charge < -0.3 is 4.90 Å². The van der Waals surface area contributed by atoms with Crippen molar-refractivity contribution in [2.75, 3.05) is 32.7 Å². The molecule has 0 N–H and O–H groups in total. The summed E-state index contributed by atoms with van der Waals surface area (Å²) < 4.78 is 40.9. The van der Waals surface area contributed by atoms with Gasteiger partial charge in [0.1, 0.15) is 5.69 Å². The molecule has 9 nitrogen and oxygen atoms in total. The van der Waals surface area contributed by atoms with Gasteiger partial charge in [-0.05, 0) is 24.3 Å². The van der Waals surface area contributed by atoms with Crippen molar-refractivity contribution in [3.8, 4) is 5.82 Å². The van der Waals surface area contributed by atoms with Gasteiger partial charge in [-0.2, -0.15) is 18.3 Å². The van der Waals surface area contributed by atoms with Gasteiger partial charge in [-0.1, -0.05) is 0 Å². The first-order chi connectivity index (χ1) is 15.3. The lowest BCUT2D eigenvalue weighted by molar-refractivity contribution is -0.141. The lowest BCUT2D eigenvalue weighted by Crippen LogP contribution is -2.49. The standard InChI is InChI=1S/C20H20F3N7O2/c21-20(22,23)16-3-2-15(14-24-16)19(32)28-11-8-27(9-12-28)10-13-30-18(31)5-4-17(26-30)29-7-1-6-25-29/h1-7,14H,8-13H2. The number of alkyl halides is 3. The maximum Gasteiger partial charge on any atom is 0.433 e. The highest BCUT2D eigenvalue weighted by Crippen LogP contribution is 2.27. The summed E-state index contributed by atoms with van der Waals surface area (Å²) in [6.45, 7) is 2.95. The second-order valence-corrected chi connectivity index (χ2v) is 7.27. The van der Waals surface area contributed by atoms with E-state index >= 15 is 0 Å². The minimum atomic E-state index is -4.54. The fourth-order valence-electron chi connectivity index (χ4n) is 3.41. The minimum absolute atomic E-state index is 0.123. The Morgan fingerprint density at radius 2 is 1.81 bits per heavy atom. The largest absolute Gasteiger partial charge is 0.433 e. The predicted molar refractivity (Wildman–Crippen MR) is 107 cm³/mol. The van der Waals surface area contributed by atoms with E-state index in [2.05, 4.69) is 20.1 Å². The normalized spacial score (nSPS) is 15.2. The molecule has 0 saturated carbocycles. The average molecular weight is 447 g/mol. The minimum Gasteiger partial charge on any atom is -0.336 e. The molecule has 1 saturated heterocycles. The zero-order valence-corrected chi connectivity index (χ0v) is 16.9. The van der Waals surface area contributed by atoms with Gasteiger partial charge in [-0.25, -0.2) is 9.36 Å². The summed E-state index contributed by atoms with van der Waals surface area (Å²) in [5.41, 5.74) is -1.12. The van der Waals surface area contributed by atoms with Crippen LogP contribution in [0.5, 0.6) is 0 Å². The molecule has 0 aromatic carbocycles. The average Bonchev–Trinajstić information content (AvgIpc) is 3.33. The second-order valence-electron chi connectivity index (χ2n) is 7.27. The van der Waals surface area contributed by atoms with Crippen molar-refractivity contribution in [1.82, 2.24) is 34.3 Å². The first-order valence-electron chi connectivity index (χ1n) is 9.94. The van der Waals surface area contributed by atoms with E-state index in [1.165, 1.54) is 10.7 Å². The number of halogens is 3. The smallest absolute Gasteiger partial charge is 0.336 e. The molecule has 1 fully saturated rings. The van der Waals surface area contributed by atoms with Crippen LogP contribution in [0.25, 0.3) is 5.82 Å². The van der Waals surface area contributed by atoms with Crippen LogP contribution < -0.4 is 5.56 Å². The number of rotatable bonds is 5. The van der Waals surface area contributed by atoms with Gasteiger partial charge in [0.2, 0.25) is 0 Å². The Labute approximate surface area is 180 Å². The fourth-order valence-corrected chi connectivity index (χ4v) is 3.41. The number of piperazine rings is 1. The number of hydrogen-bond donors (Lipinski definition) is 0. The molecule has 32 heavy (non-hydrogen) atoms. The zero-order chi connectivity index (χ0) is 22.7. The molecule has 3 aromatic heterocycles. The van der Waals surface area contributed by atoms with Crippen molar-refractivity contribution in [2.45, 2.75) is 12.7 Å². The van der Waals surface area contributed by atoms with Gasteiger partial charge in [-0.3, -0.25) is 19.5 Å². The summed E-state index contributed by atoms with van der Waals surface area (Å²) in [4.78, 5) is 31.7. The van der Waals surface area contributed by atoms with Gasteiger partial charge in [0.15, 0.2) is 5.82 Å². The molecule has 168 valence electrons. The summed E-state index contributed by atoms with van der Waals surface area (Å²) in [7, 11) is 0. The summed E-state index contributed by atoms with van der Waals surface area (Å²) in [6, 6.07) is 6.77. The summed E-state index contributed by atoms with van der Waals surface area (Å²) in [5.74, 6) is 0.186. The second kappa shape index (κ2) is 8.91. The zero-order valence-electron chi connectivity index (χ0n) is 16.9. The monoisotopic (exact) mass is 447 g/mol. The van der Waals surface area contributed by atoms with E-state index in [0.717, 1.165) is 18.3 Å². The van der Waals surface area contributed by atoms with E-state index in [4.69, 9.17) is 0 Å². The number of hydrogen-bond acceptors (Lipinski definition) is 6. The molecule has 0 unspecified atom stereocenters. The van der Waals surface area contributed by atoms with Crippen molar-refractivity contribution in [2.24, 2.45) is 0 Å². The molecule has 0 atom stereocenters. The molecule has 1 aliphatic heterocycles. The summed E-state index contributed by atoms with van der Waals surface area (Å²) in [5, 5.41) is 8.44. The maximum atomic E-state index is 12.6. The van der Waals surface area contributed by atoms with Gasteiger partial charge in [0.25, 0.3) is 11.5 Å². The Kier molecular flexibility index (Phi) is 6.04. The van der Waals surface area contributed by atoms with Crippen molar-refractivity contribution >= 4 is 5.91 Å². The topological polar surface area (TPSA) is 89.2 Å². The fraction of sp³-hybridized carbons (Fsp3) is 0.350. The molecule has 4 heterocycles. The van der Waals surface area contributed by atoms with E-state index in [1.54, 1.807) is 34.1 Å². The highest BCUT2D eigenvalue weighted by molar-refractivity contribution is 5.94. The number of aromatic nitrogens is 5. The predicted octanol–water partition coefficient (Wildman–Crippen LogP) is 1.30. The quantitative estimate of drug-likeness (QED) is 0.586. The molecule has 3 aromatic rings. The van der Waals surface area contributed by atoms with Crippen LogP contribution in [-0.4, -0.2) is 73.0 Å². The Balaban J connectivity index is 1.31. The van der Waals surface area contributed by atoms with Crippen molar-refractivity contribution < 1.29 is 18.0 Å². The molecular weight excluding hydrogens is 427 g/mol. The number of amides is 1. The van der Waals surface area contributed by atoms with Gasteiger partial charge in [0, 0.05) is 57.4 Å². The molecule has 0 spiro atoms. The SMILES string of the molecule is O=C(c1ccc(C(F)(F)F)nc1)N1CCN(CCn2nc(-n3cccn3)ccc2=O)CC1. The summed E-state index contributed by atoms with van der Waals surface area (Å²) in [6.07, 6.45) is -0.220. The van der Waals surface area contributed by atoms with Crippen molar-refractivity contribution in [3.05, 3.63) is 70.5 Å². The molecule has 1 aliphatic rings. The third kappa shape index (κ3) is 4.85. The maximum absolute atomic E-state index is 12.6. The van der Waals surface area contributed by atoms with Crippen LogP contribution in [0.1, 0.15) is 16.1 Å². The first kappa shape index (κ1) is 21.7. The van der Waals surface area contributed by atoms with Crippen LogP contribution in [0.2, 0.25) is 0 Å². The van der Waals surface area contributed by atoms with E-state index in [0.29, 0.717) is 45.1 Å². The van der Waals surface area contributed by atoms with Crippen LogP contribution in [0, 0.1) is 0 Å². The molecule has 4 rings (SSSR count). The molecule has 0 aliphatic carbocycles. The molecular formula is C20H20F3N7O2. The van der Waals surface area contributed by atoms with Crippen LogP contribution >= 0.6 is 0 Å². The Hall–Kier alpha value is -3.54. The van der Waals surface area contributed by atoms with Gasteiger partial charge >= 0.3 is 6.18 Å². The summed E-state index contributed by atoms with van der Waals surface area (Å²) >= 11 is 0. The number of nitrogens with zero attached hydrogens (tertiary/aromatic N) is 7. The van der Waals surface area contributed by atoms with Gasteiger partial charge in [-0.15, -0.1) is 5.10 Å². The molecule has 12 heteroatoms. The number of carbonyl (C=O) groups excluding carboxylic acids is 1. The van der Waals surface area contributed by atoms with Crippen molar-refractivity contribution in [1.29, 1.82) is 0 Å². The first-order valence-corrected chi connectivity index (χ1v) is 9.94. The van der Waals surface area contributed by atoms with Crippen LogP contribution in [0.3, 0.4) is 0 Å². The Morgan fingerprint density at radius 1 is 1.03 bits per heavy atom. The van der Waals surface area contributed by atoms with E-state index in [-0.39, 0.29) is 17.0 Å². The molecule has 1 amide bonds. The van der Waals surface area contributed by atoms with E-state index in [9.17, 15) is 22.8 Å². The molecule has 0 bridgehead atoms. The Bertz CT molecular complexity index is 1120. The van der Waals surface area contributed by atoms with E-state index < -0.39 is 11.9 Å². The Morgan fingerprint density at radius 3 is 2.44 bits per heavy atom. The van der Waals surface area contributed by atoms with Crippen LogP contribution in [0.4, 0.5) is 13.2 Å². The van der Waals surface area contributed by atoms with Crippen LogP contribution in [-0.2, 0) is 12.7 Å². The highest BCUT2D eigenvalue weighted by atomic mass is 19.4. The van der Waals surface area contributed by atoms with Crippen molar-refractivity contribution in [3.63, 3.8) is 0 Å². The third-order valence-corrected chi connectivity index (χ3v) is 5.18. The third-order valence-electron chi connectivity index (χ3n) is 5.18. The lowest BCUT2D eigenvalue weighted by atomic mass is 10.2. The molecule has 0 radical (unpaired) electrons. The highest BCUT2D eigenvalue weighted by Gasteiger charge is 2.32. The van der Waals surface area contributed by atoms with E-state index in [1.807, 2.05) is 0 Å². The van der Waals surface area contributed by atoms with Gasteiger partial charge in [0.05, 0.1) is 12.1 Å². The lowest BCUT2D eigenvalue weighted by Gasteiger charge is -2.34. The number of carbonyl (C=O) groups is 1. The van der Waals surface area contributed by atoms with Crippen LogP contribution in [0.15, 0.2) is 53.7 Å². The number of pyridine rings is 1.